The molecular weight excluding hydrogens is 246 g/mol. The summed E-state index contributed by atoms with van der Waals surface area (Å²) in [6.07, 6.45) is 0.229. The van der Waals surface area contributed by atoms with Crippen molar-refractivity contribution in [3.05, 3.63) is 23.2 Å². The van der Waals surface area contributed by atoms with Crippen LogP contribution >= 0.6 is 0 Å². The Morgan fingerprint density at radius 3 is 2.95 bits per heavy atom. The summed E-state index contributed by atoms with van der Waals surface area (Å²) in [5, 5.41) is 0. The molecule has 19 heavy (non-hydrogen) atoms. The van der Waals surface area contributed by atoms with Crippen molar-refractivity contribution in [3.63, 3.8) is 0 Å². The van der Waals surface area contributed by atoms with E-state index in [1.54, 1.807) is 0 Å². The average molecular weight is 267 g/mol. The van der Waals surface area contributed by atoms with Gasteiger partial charge in [0.25, 0.3) is 0 Å². The first-order chi connectivity index (χ1) is 9.01. The van der Waals surface area contributed by atoms with Crippen LogP contribution in [0, 0.1) is 6.92 Å². The Bertz CT molecular complexity index is 454. The van der Waals surface area contributed by atoms with E-state index in [0.717, 1.165) is 24.5 Å². The Hall–Kier alpha value is -1.33. The molecule has 0 bridgehead atoms. The minimum absolute atomic E-state index is 0.229. The number of nitrogens with zero attached hydrogens (tertiary/aromatic N) is 1. The maximum Gasteiger partial charge on any atom is 0.374 e. The molecule has 0 radical (unpaired) electrons. The quantitative estimate of drug-likeness (QED) is 0.784. The summed E-state index contributed by atoms with van der Waals surface area (Å²) in [7, 11) is 1.36. The van der Waals surface area contributed by atoms with Gasteiger partial charge in [-0.1, -0.05) is 0 Å². The highest BCUT2D eigenvalue weighted by Crippen LogP contribution is 2.20. The summed E-state index contributed by atoms with van der Waals surface area (Å²) >= 11 is 0. The molecule has 1 aromatic heterocycles. The lowest BCUT2D eigenvalue weighted by Crippen LogP contribution is -2.46. The van der Waals surface area contributed by atoms with E-state index < -0.39 is 5.97 Å². The molecule has 1 aliphatic heterocycles. The number of rotatable bonds is 3. The molecule has 2 rings (SSSR count). The maximum absolute atomic E-state index is 11.5. The van der Waals surface area contributed by atoms with Crippen molar-refractivity contribution < 1.29 is 18.7 Å². The van der Waals surface area contributed by atoms with Crippen molar-refractivity contribution in [1.29, 1.82) is 0 Å². The Morgan fingerprint density at radius 1 is 1.53 bits per heavy atom. The molecule has 1 fully saturated rings. The van der Waals surface area contributed by atoms with Crippen molar-refractivity contribution in [2.75, 3.05) is 20.3 Å². The number of hydrogen-bond donors (Lipinski definition) is 0. The van der Waals surface area contributed by atoms with Crippen LogP contribution in [-0.4, -0.2) is 43.3 Å². The van der Waals surface area contributed by atoms with Gasteiger partial charge in [0.1, 0.15) is 5.76 Å². The minimum Gasteiger partial charge on any atom is -0.463 e. The van der Waals surface area contributed by atoms with Crippen molar-refractivity contribution in [2.45, 2.75) is 39.5 Å². The maximum atomic E-state index is 11.5. The Kier molecular flexibility index (Phi) is 4.27. The number of hydrogen-bond acceptors (Lipinski definition) is 5. The van der Waals surface area contributed by atoms with E-state index in [1.807, 2.05) is 13.0 Å². The zero-order valence-corrected chi connectivity index (χ0v) is 11.9. The van der Waals surface area contributed by atoms with Crippen molar-refractivity contribution in [2.24, 2.45) is 0 Å². The smallest absolute Gasteiger partial charge is 0.374 e. The van der Waals surface area contributed by atoms with E-state index in [2.05, 4.69) is 18.7 Å². The number of morpholine rings is 1. The number of methoxy groups -OCH3 is 1. The minimum atomic E-state index is -0.424. The third-order valence-electron chi connectivity index (χ3n) is 3.44. The second-order valence-corrected chi connectivity index (χ2v) is 5.14. The van der Waals surface area contributed by atoms with Crippen LogP contribution < -0.4 is 0 Å². The van der Waals surface area contributed by atoms with Crippen LogP contribution in [0.3, 0.4) is 0 Å². The van der Waals surface area contributed by atoms with Crippen molar-refractivity contribution in [3.8, 4) is 0 Å². The van der Waals surface area contributed by atoms with E-state index in [0.29, 0.717) is 18.3 Å². The number of ether oxygens (including phenoxy) is 2. The van der Waals surface area contributed by atoms with Gasteiger partial charge in [0, 0.05) is 18.2 Å². The molecule has 0 aromatic carbocycles. The zero-order valence-electron chi connectivity index (χ0n) is 11.9. The molecule has 0 N–H and O–H groups in total. The lowest BCUT2D eigenvalue weighted by atomic mass is 10.2. The fraction of sp³-hybridized carbons (Fsp3) is 0.643. The Labute approximate surface area is 113 Å². The lowest BCUT2D eigenvalue weighted by Gasteiger charge is -2.36. The monoisotopic (exact) mass is 267 g/mol. The zero-order chi connectivity index (χ0) is 14.0. The van der Waals surface area contributed by atoms with Crippen molar-refractivity contribution in [1.82, 2.24) is 4.90 Å². The summed E-state index contributed by atoms with van der Waals surface area (Å²) in [5.74, 6) is 0.664. The number of furan rings is 1. The molecular formula is C14H21NO4. The fourth-order valence-electron chi connectivity index (χ4n) is 2.31. The Morgan fingerprint density at radius 2 is 2.26 bits per heavy atom. The van der Waals surface area contributed by atoms with Gasteiger partial charge in [0.15, 0.2) is 0 Å². The predicted molar refractivity (Wildman–Crippen MR) is 70.1 cm³/mol. The Balaban J connectivity index is 2.08. The molecule has 0 aliphatic carbocycles. The molecule has 1 saturated heterocycles. The second-order valence-electron chi connectivity index (χ2n) is 5.14. The summed E-state index contributed by atoms with van der Waals surface area (Å²) in [5.41, 5.74) is 0.816. The van der Waals surface area contributed by atoms with E-state index in [-0.39, 0.29) is 6.10 Å². The third kappa shape index (κ3) is 3.16. The molecule has 0 amide bonds. The van der Waals surface area contributed by atoms with Gasteiger partial charge in [-0.15, -0.1) is 0 Å². The molecule has 1 aromatic rings. The summed E-state index contributed by atoms with van der Waals surface area (Å²) < 4.78 is 15.9. The van der Waals surface area contributed by atoms with Gasteiger partial charge in [0.2, 0.25) is 5.76 Å². The van der Waals surface area contributed by atoms with Crippen LogP contribution in [0.25, 0.3) is 0 Å². The summed E-state index contributed by atoms with van der Waals surface area (Å²) in [6.45, 7) is 8.32. The van der Waals surface area contributed by atoms with Crippen LogP contribution in [0.15, 0.2) is 10.5 Å². The summed E-state index contributed by atoms with van der Waals surface area (Å²) in [4.78, 5) is 13.8. The standard InChI is InChI=1S/C14H21NO4/c1-9-5-12(19-13(9)14(16)17-4)7-15-6-11(3)18-8-10(15)2/h5,10-11H,6-8H2,1-4H3/t10-,11-/m0/s1. The third-order valence-corrected chi connectivity index (χ3v) is 3.44. The van der Waals surface area contributed by atoms with E-state index in [4.69, 9.17) is 13.9 Å². The van der Waals surface area contributed by atoms with E-state index in [9.17, 15) is 4.79 Å². The van der Waals surface area contributed by atoms with Gasteiger partial charge in [-0.05, 0) is 26.8 Å². The highest BCUT2D eigenvalue weighted by molar-refractivity contribution is 5.87. The molecule has 2 heterocycles. The number of esters is 1. The summed E-state index contributed by atoms with van der Waals surface area (Å²) in [6, 6.07) is 2.25. The molecule has 5 nitrogen and oxygen atoms in total. The van der Waals surface area contributed by atoms with Crippen LogP contribution in [0.4, 0.5) is 0 Å². The van der Waals surface area contributed by atoms with E-state index >= 15 is 0 Å². The average Bonchev–Trinajstić information content (AvgIpc) is 2.74. The molecule has 2 atom stereocenters. The first-order valence-corrected chi connectivity index (χ1v) is 6.54. The fourth-order valence-corrected chi connectivity index (χ4v) is 2.31. The predicted octanol–water partition coefficient (Wildman–Crippen LogP) is 1.98. The molecule has 5 heteroatoms. The van der Waals surface area contributed by atoms with Crippen LogP contribution in [0.1, 0.15) is 35.7 Å². The van der Waals surface area contributed by atoms with Gasteiger partial charge in [-0.3, -0.25) is 4.90 Å². The van der Waals surface area contributed by atoms with Crippen molar-refractivity contribution >= 4 is 5.97 Å². The highest BCUT2D eigenvalue weighted by Gasteiger charge is 2.25. The molecule has 0 spiro atoms. The van der Waals surface area contributed by atoms with Gasteiger partial charge in [0.05, 0.1) is 26.4 Å². The van der Waals surface area contributed by atoms with Gasteiger partial charge >= 0.3 is 5.97 Å². The first kappa shape index (κ1) is 14.1. The van der Waals surface area contributed by atoms with Crippen LogP contribution in [-0.2, 0) is 16.0 Å². The normalized spacial score (nSPS) is 24.4. The topological polar surface area (TPSA) is 51.9 Å². The van der Waals surface area contributed by atoms with E-state index in [1.165, 1.54) is 7.11 Å². The van der Waals surface area contributed by atoms with Crippen LogP contribution in [0.5, 0.6) is 0 Å². The molecule has 106 valence electrons. The second kappa shape index (κ2) is 5.75. The molecule has 1 aliphatic rings. The first-order valence-electron chi connectivity index (χ1n) is 6.54. The number of carbonyl (C=O) groups is 1. The number of carbonyl (C=O) groups excluding carboxylic acids is 1. The highest BCUT2D eigenvalue weighted by atomic mass is 16.5. The van der Waals surface area contributed by atoms with Gasteiger partial charge < -0.3 is 13.9 Å². The number of aryl methyl sites for hydroxylation is 1. The molecule has 0 unspecified atom stereocenters. The SMILES string of the molecule is COC(=O)c1oc(CN2C[C@H](C)OC[C@@H]2C)cc1C. The van der Waals surface area contributed by atoms with Gasteiger partial charge in [-0.25, -0.2) is 4.79 Å². The largest absolute Gasteiger partial charge is 0.463 e. The molecule has 0 saturated carbocycles. The van der Waals surface area contributed by atoms with Crippen LogP contribution in [0.2, 0.25) is 0 Å². The lowest BCUT2D eigenvalue weighted by molar-refractivity contribution is -0.0546. The van der Waals surface area contributed by atoms with Gasteiger partial charge in [-0.2, -0.15) is 0 Å².